The van der Waals surface area contributed by atoms with Gasteiger partial charge in [-0.05, 0) is 37.8 Å². The Morgan fingerprint density at radius 2 is 0.847 bits per heavy atom. The molecule has 1 saturated heterocycles. The number of aromatic hydroxyl groups is 1. The van der Waals surface area contributed by atoms with Crippen LogP contribution in [-0.2, 0) is 150 Å². The zero-order valence-electron chi connectivity index (χ0n) is 58.5. The van der Waals surface area contributed by atoms with E-state index in [0.717, 1.165) is 0 Å². The number of hydrogen-bond donors (Lipinski definition) is 10. The molecule has 1 fully saturated rings. The molecule has 1 aliphatic heterocycles. The first-order valence-corrected chi connectivity index (χ1v) is 30.8. The van der Waals surface area contributed by atoms with E-state index < -0.39 is 309 Å². The number of hydrogen-bond acceptors (Lipinski definition) is 39. The number of amides is 3. The lowest BCUT2D eigenvalue weighted by Crippen LogP contribution is -2.84. The van der Waals surface area contributed by atoms with Crippen molar-refractivity contribution in [2.45, 2.75) is 187 Å². The third kappa shape index (κ3) is 26.1. The van der Waals surface area contributed by atoms with Crippen molar-refractivity contribution in [1.29, 1.82) is 0 Å². The summed E-state index contributed by atoms with van der Waals surface area (Å²) >= 11 is 0. The number of carbonyl (C=O) groups excluding carboxylic acids is 17. The predicted octanol–water partition coefficient (Wildman–Crippen LogP) is -1.64. The summed E-state index contributed by atoms with van der Waals surface area (Å²) in [7, 11) is 0. The van der Waals surface area contributed by atoms with Crippen LogP contribution in [0.2, 0.25) is 0 Å². The maximum atomic E-state index is 15.7. The first-order chi connectivity index (χ1) is 53.0. The SMILES string of the molecule is CCC(C)[C@@](N)(OC(=O)C(F)(F)F)C(=O)OC(OC(=O)[C@@](N)(CCC(N)=O)OC(=O)C(F)(F)F)C(C)(OC(=O)[C@@H]1CCCN1OC(=O)C(F)(F)F)C(OC(=O)[C@@](N)(CCC(N)=O)OC(=O)C(F)(F)F)(OC(=O)[C@@](N)(CCC(N)=O)OC(=O)C(F)(F)F)[C@@](N)(OC(=O)C(N)Cc1ccc(O)cc1OC(=O)C(F)(F)F)C(=O)OOC(=O)C(F)(F)F. The van der Waals surface area contributed by atoms with Crippen LogP contribution < -0.4 is 56.3 Å². The van der Waals surface area contributed by atoms with Gasteiger partial charge in [0.25, 0.3) is 34.8 Å². The second kappa shape index (κ2) is 37.3. The van der Waals surface area contributed by atoms with Crippen LogP contribution >= 0.6 is 0 Å². The van der Waals surface area contributed by atoms with Crippen molar-refractivity contribution in [1.82, 2.24) is 5.06 Å². The Labute approximate surface area is 637 Å². The molecule has 0 bridgehead atoms. The quantitative estimate of drug-likeness (QED) is 0.00693. The van der Waals surface area contributed by atoms with Gasteiger partial charge in [-0.15, -0.1) is 5.06 Å². The lowest BCUT2D eigenvalue weighted by molar-refractivity contribution is -0.394. The summed E-state index contributed by atoms with van der Waals surface area (Å²) in [6.45, 7) is -1.63. The number of alkyl halides is 21. The average Bonchev–Trinajstić information content (AvgIpc) is 0.705. The van der Waals surface area contributed by atoms with E-state index in [2.05, 4.69) is 38.3 Å². The smallest absolute Gasteiger partial charge is 0.495 e. The first kappa shape index (κ1) is 102. The molecule has 1 aromatic carbocycles. The Morgan fingerprint density at radius 3 is 1.23 bits per heavy atom. The molecule has 4 unspecified atom stereocenters. The monoisotopic (exact) mass is 1770 g/mol. The highest BCUT2D eigenvalue weighted by Gasteiger charge is 2.83. The molecule has 1 aliphatic rings. The fourth-order valence-electron chi connectivity index (χ4n) is 8.59. The van der Waals surface area contributed by atoms with Crippen LogP contribution in [0.4, 0.5) is 92.2 Å². The summed E-state index contributed by atoms with van der Waals surface area (Å²) in [5.74, 6) is -72.5. The van der Waals surface area contributed by atoms with Gasteiger partial charge < -0.3 is 85.0 Å². The lowest BCUT2D eigenvalue weighted by Gasteiger charge is -2.53. The van der Waals surface area contributed by atoms with Crippen molar-refractivity contribution >= 4 is 101 Å². The molecule has 118 heavy (non-hydrogen) atoms. The van der Waals surface area contributed by atoms with Crippen LogP contribution in [0, 0.1) is 5.92 Å². The Kier molecular flexibility index (Phi) is 32.3. The number of primary amides is 3. The molecule has 19 N–H and O–H groups in total. The van der Waals surface area contributed by atoms with Crippen LogP contribution in [-0.4, -0.2) is 220 Å². The summed E-state index contributed by atoms with van der Waals surface area (Å²) in [6.07, 6.45) is -71.5. The van der Waals surface area contributed by atoms with Gasteiger partial charge in [0, 0.05) is 63.5 Å². The van der Waals surface area contributed by atoms with Gasteiger partial charge in [-0.2, -0.15) is 92.2 Å². The van der Waals surface area contributed by atoms with Crippen molar-refractivity contribution in [3.63, 3.8) is 0 Å². The van der Waals surface area contributed by atoms with Crippen molar-refractivity contribution in [2.75, 3.05) is 6.54 Å². The molecule has 10 atom stereocenters. The van der Waals surface area contributed by atoms with Crippen molar-refractivity contribution in [3.8, 4) is 11.5 Å². The molecule has 1 aromatic rings. The highest BCUT2D eigenvalue weighted by atomic mass is 19.4. The standard InChI is InChI=1S/C55H57F21N10O32/c1-4-18(2)46(84,113-38(102)52(68,69)70)32(96)107-41(106-29(93)43(81,12-9-24(78)88)110-35(99)49(59,60)61)42(3,108-28(92)22-6-5-15-86(22)116-39(103)53(71,72)73)55(114-30(94)44(82,13-10-25(79)89)111-36(100)50(62,63)64,115-31(95)45(83,14-11-26(80)90)112-37(101)51(65,66)67)47(85,33(97)117-118-40(104)54(74,75)76)109-27(91)21(77)16-19-7-8-20(87)17-23(19)105-34(98)48(56,57)58/h7-8,17-18,21-22,41,87H,4-6,9-16,77,81-85H2,1-3H3,(H2,78,88)(H2,79,89)(H2,80,90)/t18?,21?,22-,41?,42?,43+,44+,45+,46+,47-/m0/s1. The van der Waals surface area contributed by atoms with Gasteiger partial charge in [0.2, 0.25) is 17.7 Å². The van der Waals surface area contributed by atoms with E-state index in [9.17, 15) is 145 Å². The minimum Gasteiger partial charge on any atom is -0.508 e. The van der Waals surface area contributed by atoms with E-state index >= 15 is 33.6 Å². The Morgan fingerprint density at radius 1 is 0.475 bits per heavy atom. The number of phenolic OH excluding ortho intramolecular Hbond substituents is 1. The van der Waals surface area contributed by atoms with Gasteiger partial charge >= 0.3 is 138 Å². The van der Waals surface area contributed by atoms with Gasteiger partial charge in [0.15, 0.2) is 0 Å². The van der Waals surface area contributed by atoms with E-state index in [-0.39, 0.29) is 12.1 Å². The highest BCUT2D eigenvalue weighted by Crippen LogP contribution is 2.49. The number of hydroxylamine groups is 2. The minimum atomic E-state index is -7.07. The number of ether oxygens (including phenoxy) is 11. The number of halogens is 21. The summed E-state index contributed by atoms with van der Waals surface area (Å²) < 4.78 is 348. The van der Waals surface area contributed by atoms with Gasteiger partial charge in [-0.1, -0.05) is 19.9 Å². The highest BCUT2D eigenvalue weighted by molar-refractivity contribution is 5.93. The number of benzene rings is 1. The Balaban J connectivity index is 4.39. The number of rotatable bonds is 35. The van der Waals surface area contributed by atoms with Crippen molar-refractivity contribution in [2.24, 2.45) is 57.5 Å². The summed E-state index contributed by atoms with van der Waals surface area (Å²) in [5.41, 5.74) is 15.4. The van der Waals surface area contributed by atoms with Crippen LogP contribution in [0.3, 0.4) is 0 Å². The summed E-state index contributed by atoms with van der Waals surface area (Å²) in [6, 6.07) is -6.58. The minimum absolute atomic E-state index is 0.0419. The molecular weight excluding hydrogens is 1710 g/mol. The molecule has 666 valence electrons. The Bertz CT molecular complexity index is 3980. The second-order valence-corrected chi connectivity index (χ2v) is 23.8. The van der Waals surface area contributed by atoms with Crippen LogP contribution in [0.25, 0.3) is 0 Å². The largest absolute Gasteiger partial charge is 0.508 e. The maximum Gasteiger partial charge on any atom is 0.495 e. The molecule has 0 aromatic heterocycles. The van der Waals surface area contributed by atoms with Crippen LogP contribution in [0.1, 0.15) is 84.1 Å². The van der Waals surface area contributed by atoms with E-state index in [4.69, 9.17) is 80.0 Å². The molecule has 42 nitrogen and oxygen atoms in total. The van der Waals surface area contributed by atoms with Gasteiger partial charge in [0.1, 0.15) is 23.6 Å². The molecular formula is C55H57F21N10O32. The van der Waals surface area contributed by atoms with Gasteiger partial charge in [0.05, 0.1) is 0 Å². The molecule has 0 spiro atoms. The summed E-state index contributed by atoms with van der Waals surface area (Å²) in [4.78, 5) is 244. The van der Waals surface area contributed by atoms with E-state index in [0.29, 0.717) is 19.9 Å². The molecule has 0 radical (unpaired) electrons. The van der Waals surface area contributed by atoms with E-state index in [1.54, 1.807) is 0 Å². The van der Waals surface area contributed by atoms with E-state index in [1.165, 1.54) is 0 Å². The van der Waals surface area contributed by atoms with Crippen molar-refractivity contribution in [3.05, 3.63) is 23.8 Å². The van der Waals surface area contributed by atoms with E-state index in [1.807, 2.05) is 0 Å². The predicted molar refractivity (Wildman–Crippen MR) is 311 cm³/mol. The molecule has 0 aliphatic carbocycles. The van der Waals surface area contributed by atoms with Gasteiger partial charge in [-0.3, -0.25) is 52.6 Å². The molecule has 0 saturated carbocycles. The van der Waals surface area contributed by atoms with Crippen LogP contribution in [0.5, 0.6) is 11.5 Å². The maximum absolute atomic E-state index is 15.7. The fraction of sp³-hybridized carbons (Fsp3) is 0.582. The van der Waals surface area contributed by atoms with Crippen LogP contribution in [0.15, 0.2) is 18.2 Å². The van der Waals surface area contributed by atoms with Gasteiger partial charge in [-0.25, -0.2) is 67.3 Å². The first-order valence-electron chi connectivity index (χ1n) is 30.8. The number of phenols is 1. The van der Waals surface area contributed by atoms with Crippen molar-refractivity contribution < 1.29 is 246 Å². The second-order valence-electron chi connectivity index (χ2n) is 23.8. The zero-order chi connectivity index (χ0) is 92.2. The Hall–Kier alpha value is -11.7. The lowest BCUT2D eigenvalue weighted by atomic mass is 9.83. The number of nitrogens with zero attached hydrogens (tertiary/aromatic N) is 1. The number of nitrogens with two attached hydrogens (primary N) is 9. The number of esters is 11. The topological polar surface area (TPSA) is 677 Å². The average molecular weight is 1770 g/mol. The fourth-order valence-corrected chi connectivity index (χ4v) is 8.59. The third-order valence-electron chi connectivity index (χ3n) is 14.9. The third-order valence-corrected chi connectivity index (χ3v) is 14.9. The molecule has 3 amide bonds. The summed E-state index contributed by atoms with van der Waals surface area (Å²) in [5, 5.41) is 9.45. The molecule has 2 rings (SSSR count). The molecule has 1 heterocycles. The molecule has 63 heteroatoms. The zero-order valence-corrected chi connectivity index (χ0v) is 58.5. The number of carbonyl (C=O) groups is 17. The normalized spacial score (nSPS) is 17.6.